The molecule has 0 atom stereocenters. The molecule has 4 rings (SSSR count). The third-order valence-electron chi connectivity index (χ3n) is 5.08. The zero-order valence-corrected chi connectivity index (χ0v) is 17.8. The Morgan fingerprint density at radius 2 is 1.66 bits per heavy atom. The van der Waals surface area contributed by atoms with Gasteiger partial charge in [0.05, 0.1) is 13.0 Å². The summed E-state index contributed by atoms with van der Waals surface area (Å²) in [5.74, 6) is 0.724. The summed E-state index contributed by atoms with van der Waals surface area (Å²) in [6.07, 6.45) is 0.277. The van der Waals surface area contributed by atoms with Crippen LogP contribution in [0.15, 0.2) is 89.3 Å². The van der Waals surface area contributed by atoms with Crippen molar-refractivity contribution in [2.75, 3.05) is 25.5 Å². The molecule has 1 N–H and O–H groups in total. The minimum Gasteiger partial charge on any atom is -0.492 e. The Hall–Kier alpha value is -4.06. The summed E-state index contributed by atoms with van der Waals surface area (Å²) < 4.78 is 11.2. The first-order valence-electron chi connectivity index (χ1n) is 10.4. The smallest absolute Gasteiger partial charge is 0.291 e. The zero-order chi connectivity index (χ0) is 22.3. The van der Waals surface area contributed by atoms with Crippen LogP contribution in [0.4, 0.5) is 5.69 Å². The Labute approximate surface area is 186 Å². The van der Waals surface area contributed by atoms with E-state index in [-0.39, 0.29) is 24.0 Å². The van der Waals surface area contributed by atoms with E-state index >= 15 is 0 Å². The maximum Gasteiger partial charge on any atom is 0.291 e. The number of likely N-dealkylation sites (N-methyl/N-ethyl adjacent to an activating group) is 1. The van der Waals surface area contributed by atoms with E-state index in [1.807, 2.05) is 66.7 Å². The molecule has 0 aliphatic carbocycles. The number of para-hydroxylation sites is 2. The van der Waals surface area contributed by atoms with Gasteiger partial charge in [-0.05, 0) is 42.0 Å². The van der Waals surface area contributed by atoms with E-state index in [0.29, 0.717) is 24.4 Å². The van der Waals surface area contributed by atoms with Crippen LogP contribution >= 0.6 is 0 Å². The number of carbonyl (C=O) groups is 2. The molecule has 1 heterocycles. The lowest BCUT2D eigenvalue weighted by molar-refractivity contribution is -0.129. The summed E-state index contributed by atoms with van der Waals surface area (Å²) in [5, 5.41) is 3.70. The van der Waals surface area contributed by atoms with Gasteiger partial charge in [0.2, 0.25) is 5.91 Å². The van der Waals surface area contributed by atoms with Crippen LogP contribution < -0.4 is 10.1 Å². The van der Waals surface area contributed by atoms with Gasteiger partial charge < -0.3 is 19.4 Å². The molecule has 6 heteroatoms. The van der Waals surface area contributed by atoms with Gasteiger partial charge in [-0.15, -0.1) is 0 Å². The van der Waals surface area contributed by atoms with Gasteiger partial charge in [0.25, 0.3) is 5.91 Å². The molecule has 162 valence electrons. The van der Waals surface area contributed by atoms with Crippen LogP contribution in [0.25, 0.3) is 11.0 Å². The molecule has 0 bridgehead atoms. The number of benzene rings is 3. The maximum atomic E-state index is 12.5. The summed E-state index contributed by atoms with van der Waals surface area (Å²) >= 11 is 0. The van der Waals surface area contributed by atoms with Crippen molar-refractivity contribution in [3.05, 3.63) is 96.3 Å². The standard InChI is InChI=1S/C26H24N2O4/c1-28(15-16-31-22-8-3-2-4-9-22)25(29)17-19-11-13-21(14-12-19)27-26(30)24-18-20-7-5-6-10-23(20)32-24/h2-14,18H,15-17H2,1H3,(H,27,30). The van der Waals surface area contributed by atoms with Crippen molar-refractivity contribution in [3.8, 4) is 5.75 Å². The average molecular weight is 428 g/mol. The number of furan rings is 1. The molecule has 0 saturated heterocycles. The molecule has 3 aromatic carbocycles. The first-order valence-corrected chi connectivity index (χ1v) is 10.4. The Morgan fingerprint density at radius 3 is 2.41 bits per heavy atom. The van der Waals surface area contributed by atoms with Gasteiger partial charge in [-0.3, -0.25) is 9.59 Å². The second-order valence-corrected chi connectivity index (χ2v) is 7.45. The fourth-order valence-corrected chi connectivity index (χ4v) is 3.24. The molecule has 0 aliphatic rings. The summed E-state index contributed by atoms with van der Waals surface area (Å²) in [7, 11) is 1.76. The van der Waals surface area contributed by atoms with Gasteiger partial charge in [-0.1, -0.05) is 48.5 Å². The molecule has 0 radical (unpaired) electrons. The van der Waals surface area contributed by atoms with E-state index in [9.17, 15) is 9.59 Å². The van der Waals surface area contributed by atoms with E-state index < -0.39 is 0 Å². The van der Waals surface area contributed by atoms with Crippen LogP contribution in [-0.4, -0.2) is 36.9 Å². The fourth-order valence-electron chi connectivity index (χ4n) is 3.24. The van der Waals surface area contributed by atoms with Crippen LogP contribution in [0.5, 0.6) is 5.75 Å². The SMILES string of the molecule is CN(CCOc1ccccc1)C(=O)Cc1ccc(NC(=O)c2cc3ccccc3o2)cc1. The highest BCUT2D eigenvalue weighted by Crippen LogP contribution is 2.20. The van der Waals surface area contributed by atoms with Crippen molar-refractivity contribution in [1.82, 2.24) is 4.90 Å². The Morgan fingerprint density at radius 1 is 0.938 bits per heavy atom. The van der Waals surface area contributed by atoms with E-state index in [4.69, 9.17) is 9.15 Å². The minimum absolute atomic E-state index is 0.000669. The molecular formula is C26H24N2O4. The van der Waals surface area contributed by atoms with Crippen LogP contribution in [0.3, 0.4) is 0 Å². The number of ether oxygens (including phenoxy) is 1. The lowest BCUT2D eigenvalue weighted by Crippen LogP contribution is -2.32. The van der Waals surface area contributed by atoms with Crippen molar-refractivity contribution in [3.63, 3.8) is 0 Å². The molecule has 0 unspecified atom stereocenters. The molecule has 0 fully saturated rings. The second kappa shape index (κ2) is 9.83. The van der Waals surface area contributed by atoms with Crippen LogP contribution in [0, 0.1) is 0 Å². The summed E-state index contributed by atoms with van der Waals surface area (Å²) in [6.45, 7) is 0.929. The third kappa shape index (κ3) is 5.35. The van der Waals surface area contributed by atoms with Crippen LogP contribution in [-0.2, 0) is 11.2 Å². The molecule has 6 nitrogen and oxygen atoms in total. The highest BCUT2D eigenvalue weighted by atomic mass is 16.5. The lowest BCUT2D eigenvalue weighted by atomic mass is 10.1. The molecule has 32 heavy (non-hydrogen) atoms. The molecule has 4 aromatic rings. The highest BCUT2D eigenvalue weighted by molar-refractivity contribution is 6.04. The number of carbonyl (C=O) groups excluding carboxylic acids is 2. The van der Waals surface area contributed by atoms with Gasteiger partial charge in [0.1, 0.15) is 17.9 Å². The first kappa shape index (κ1) is 21.2. The van der Waals surface area contributed by atoms with Gasteiger partial charge in [0, 0.05) is 18.1 Å². The second-order valence-electron chi connectivity index (χ2n) is 7.45. The average Bonchev–Trinajstić information content (AvgIpc) is 3.25. The lowest BCUT2D eigenvalue weighted by Gasteiger charge is -2.17. The Kier molecular flexibility index (Phi) is 6.51. The van der Waals surface area contributed by atoms with Crippen molar-refractivity contribution in [2.24, 2.45) is 0 Å². The molecule has 0 spiro atoms. The molecular weight excluding hydrogens is 404 g/mol. The number of nitrogens with zero attached hydrogens (tertiary/aromatic N) is 1. The first-order chi connectivity index (χ1) is 15.6. The maximum absolute atomic E-state index is 12.5. The Balaban J connectivity index is 1.27. The predicted molar refractivity (Wildman–Crippen MR) is 124 cm³/mol. The largest absolute Gasteiger partial charge is 0.492 e. The predicted octanol–water partition coefficient (Wildman–Crippen LogP) is 4.77. The van der Waals surface area contributed by atoms with E-state index in [0.717, 1.165) is 16.7 Å². The quantitative estimate of drug-likeness (QED) is 0.439. The minimum atomic E-state index is -0.317. The van der Waals surface area contributed by atoms with Crippen LogP contribution in [0.1, 0.15) is 16.1 Å². The van der Waals surface area contributed by atoms with E-state index in [1.54, 1.807) is 30.1 Å². The monoisotopic (exact) mass is 428 g/mol. The van der Waals surface area contributed by atoms with Crippen molar-refractivity contribution >= 4 is 28.5 Å². The van der Waals surface area contributed by atoms with Crippen molar-refractivity contribution in [1.29, 1.82) is 0 Å². The molecule has 0 saturated carbocycles. The number of rotatable bonds is 8. The highest BCUT2D eigenvalue weighted by Gasteiger charge is 2.13. The Bertz CT molecular complexity index is 1170. The number of amides is 2. The van der Waals surface area contributed by atoms with Crippen LogP contribution in [0.2, 0.25) is 0 Å². The molecule has 2 amide bonds. The van der Waals surface area contributed by atoms with Gasteiger partial charge in [-0.25, -0.2) is 0 Å². The van der Waals surface area contributed by atoms with Gasteiger partial charge in [-0.2, -0.15) is 0 Å². The normalized spacial score (nSPS) is 10.7. The van der Waals surface area contributed by atoms with E-state index in [2.05, 4.69) is 5.32 Å². The topological polar surface area (TPSA) is 71.8 Å². The summed E-state index contributed by atoms with van der Waals surface area (Å²) in [4.78, 5) is 26.6. The fraction of sp³-hybridized carbons (Fsp3) is 0.154. The molecule has 0 aliphatic heterocycles. The zero-order valence-electron chi connectivity index (χ0n) is 17.8. The third-order valence-corrected chi connectivity index (χ3v) is 5.08. The van der Waals surface area contributed by atoms with Gasteiger partial charge in [0.15, 0.2) is 5.76 Å². The van der Waals surface area contributed by atoms with E-state index in [1.165, 1.54) is 0 Å². The number of hydrogen-bond acceptors (Lipinski definition) is 4. The number of hydrogen-bond donors (Lipinski definition) is 1. The number of nitrogens with one attached hydrogen (secondary N) is 1. The summed E-state index contributed by atoms with van der Waals surface area (Å²) in [6, 6.07) is 25.9. The van der Waals surface area contributed by atoms with Crippen molar-refractivity contribution < 1.29 is 18.7 Å². The summed E-state index contributed by atoms with van der Waals surface area (Å²) in [5.41, 5.74) is 2.17. The number of anilines is 1. The van der Waals surface area contributed by atoms with Gasteiger partial charge >= 0.3 is 0 Å². The molecule has 1 aromatic heterocycles. The van der Waals surface area contributed by atoms with Crippen molar-refractivity contribution in [2.45, 2.75) is 6.42 Å². The number of fused-ring (bicyclic) bond motifs is 1.